The van der Waals surface area contributed by atoms with Gasteiger partial charge in [0.15, 0.2) is 0 Å². The van der Waals surface area contributed by atoms with Gasteiger partial charge in [0.05, 0.1) is 12.6 Å². The molecule has 4 heteroatoms. The first-order chi connectivity index (χ1) is 6.74. The van der Waals surface area contributed by atoms with Crippen molar-refractivity contribution < 1.29 is 14.6 Å². The molecule has 0 fully saturated rings. The van der Waals surface area contributed by atoms with E-state index < -0.39 is 6.09 Å². The molecule has 2 aromatic rings. The van der Waals surface area contributed by atoms with Crippen molar-refractivity contribution in [2.75, 3.05) is 7.11 Å². The summed E-state index contributed by atoms with van der Waals surface area (Å²) >= 11 is 0. The highest BCUT2D eigenvalue weighted by atomic mass is 16.5. The Morgan fingerprint density at radius 3 is 2.86 bits per heavy atom. The van der Waals surface area contributed by atoms with E-state index in [-0.39, 0.29) is 0 Å². The van der Waals surface area contributed by atoms with E-state index in [1.165, 1.54) is 6.20 Å². The van der Waals surface area contributed by atoms with Gasteiger partial charge in [-0.25, -0.2) is 4.79 Å². The number of benzene rings is 1. The van der Waals surface area contributed by atoms with Crippen LogP contribution in [0.3, 0.4) is 0 Å². The molecule has 0 unspecified atom stereocenters. The van der Waals surface area contributed by atoms with Gasteiger partial charge in [0, 0.05) is 11.6 Å². The lowest BCUT2D eigenvalue weighted by molar-refractivity contribution is 0.197. The fourth-order valence-electron chi connectivity index (χ4n) is 1.48. The van der Waals surface area contributed by atoms with Crippen molar-refractivity contribution in [1.82, 2.24) is 4.57 Å². The quantitative estimate of drug-likeness (QED) is 0.751. The average Bonchev–Trinajstić information content (AvgIpc) is 2.60. The topological polar surface area (TPSA) is 51.5 Å². The van der Waals surface area contributed by atoms with Gasteiger partial charge in [-0.15, -0.1) is 0 Å². The Balaban J connectivity index is 2.75. The van der Waals surface area contributed by atoms with E-state index in [1.54, 1.807) is 31.4 Å². The summed E-state index contributed by atoms with van der Waals surface area (Å²) < 4.78 is 6.28. The van der Waals surface area contributed by atoms with Gasteiger partial charge in [-0.3, -0.25) is 4.57 Å². The Morgan fingerprint density at radius 1 is 1.43 bits per heavy atom. The maximum Gasteiger partial charge on any atom is 0.416 e. The smallest absolute Gasteiger partial charge is 0.416 e. The van der Waals surface area contributed by atoms with Crippen LogP contribution in [0.15, 0.2) is 30.5 Å². The largest absolute Gasteiger partial charge is 0.496 e. The molecule has 0 amide bonds. The number of hydrogen-bond donors (Lipinski definition) is 1. The lowest BCUT2D eigenvalue weighted by Gasteiger charge is -2.01. The van der Waals surface area contributed by atoms with Crippen LogP contribution in [-0.4, -0.2) is 22.9 Å². The van der Waals surface area contributed by atoms with Crippen LogP contribution in [0.2, 0.25) is 0 Å². The van der Waals surface area contributed by atoms with Gasteiger partial charge in [-0.1, -0.05) is 6.07 Å². The predicted octanol–water partition coefficient (Wildman–Crippen LogP) is 2.18. The molecule has 0 saturated heterocycles. The number of carboxylic acid groups (broad SMARTS) is 1. The number of fused-ring (bicyclic) bond motifs is 1. The molecule has 0 atom stereocenters. The summed E-state index contributed by atoms with van der Waals surface area (Å²) in [6.45, 7) is 0. The fourth-order valence-corrected chi connectivity index (χ4v) is 1.48. The van der Waals surface area contributed by atoms with Gasteiger partial charge in [0.25, 0.3) is 0 Å². The third-order valence-corrected chi connectivity index (χ3v) is 2.12. The molecule has 14 heavy (non-hydrogen) atoms. The molecular weight excluding hydrogens is 182 g/mol. The van der Waals surface area contributed by atoms with Crippen LogP contribution in [0.25, 0.3) is 10.9 Å². The molecule has 0 aliphatic rings. The molecule has 72 valence electrons. The minimum atomic E-state index is -0.992. The molecule has 0 radical (unpaired) electrons. The standard InChI is InChI=1S/C10H9NO3/c1-14-9-4-2-3-8-7(9)5-6-11(8)10(12)13/h2-6H,1H3,(H,12,13). The second-order valence-corrected chi connectivity index (χ2v) is 2.86. The number of rotatable bonds is 1. The van der Waals surface area contributed by atoms with Gasteiger partial charge in [0.2, 0.25) is 0 Å². The minimum Gasteiger partial charge on any atom is -0.496 e. The Kier molecular flexibility index (Phi) is 1.89. The Hall–Kier alpha value is -1.97. The van der Waals surface area contributed by atoms with E-state index in [1.807, 2.05) is 0 Å². The third kappa shape index (κ3) is 1.12. The molecule has 1 aromatic heterocycles. The van der Waals surface area contributed by atoms with Crippen LogP contribution in [0.1, 0.15) is 0 Å². The SMILES string of the molecule is COc1cccc2c1ccn2C(=O)O. The lowest BCUT2D eigenvalue weighted by atomic mass is 10.2. The van der Waals surface area contributed by atoms with Crippen LogP contribution >= 0.6 is 0 Å². The van der Waals surface area contributed by atoms with Crippen molar-refractivity contribution in [1.29, 1.82) is 0 Å². The maximum absolute atomic E-state index is 10.8. The fraction of sp³-hybridized carbons (Fsp3) is 0.100. The van der Waals surface area contributed by atoms with E-state index in [2.05, 4.69) is 0 Å². The molecule has 1 heterocycles. The summed E-state index contributed by atoms with van der Waals surface area (Å²) in [4.78, 5) is 10.8. The molecule has 2 rings (SSSR count). The number of carbonyl (C=O) groups is 1. The van der Waals surface area contributed by atoms with Crippen molar-refractivity contribution in [3.63, 3.8) is 0 Å². The Morgan fingerprint density at radius 2 is 2.21 bits per heavy atom. The lowest BCUT2D eigenvalue weighted by Crippen LogP contribution is -2.05. The molecule has 1 N–H and O–H groups in total. The summed E-state index contributed by atoms with van der Waals surface area (Å²) in [5.74, 6) is 0.683. The van der Waals surface area contributed by atoms with Gasteiger partial charge in [-0.05, 0) is 18.2 Å². The maximum atomic E-state index is 10.8. The molecule has 0 aliphatic heterocycles. The summed E-state index contributed by atoms with van der Waals surface area (Å²) in [5.41, 5.74) is 0.636. The van der Waals surface area contributed by atoms with Crippen molar-refractivity contribution >= 4 is 17.0 Å². The number of methoxy groups -OCH3 is 1. The summed E-state index contributed by atoms with van der Waals surface area (Å²) in [6, 6.07) is 7.03. The minimum absolute atomic E-state index is 0.636. The molecule has 0 aliphatic carbocycles. The van der Waals surface area contributed by atoms with E-state index in [4.69, 9.17) is 9.84 Å². The summed E-state index contributed by atoms with van der Waals surface area (Å²) in [7, 11) is 1.56. The van der Waals surface area contributed by atoms with Gasteiger partial charge >= 0.3 is 6.09 Å². The predicted molar refractivity (Wildman–Crippen MR) is 51.9 cm³/mol. The Labute approximate surface area is 80.3 Å². The van der Waals surface area contributed by atoms with Crippen LogP contribution < -0.4 is 4.74 Å². The van der Waals surface area contributed by atoms with Crippen LogP contribution in [-0.2, 0) is 0 Å². The first kappa shape index (κ1) is 8.62. The zero-order valence-corrected chi connectivity index (χ0v) is 7.60. The molecule has 0 bridgehead atoms. The molecule has 1 aromatic carbocycles. The second kappa shape index (κ2) is 3.06. The number of nitrogens with zero attached hydrogens (tertiary/aromatic N) is 1. The molecule has 4 nitrogen and oxygen atoms in total. The van der Waals surface area contributed by atoms with Crippen LogP contribution in [0.4, 0.5) is 4.79 Å². The first-order valence-corrected chi connectivity index (χ1v) is 4.11. The summed E-state index contributed by atoms with van der Waals surface area (Å²) in [6.07, 6.45) is 0.517. The highest BCUT2D eigenvalue weighted by molar-refractivity contribution is 5.92. The first-order valence-electron chi connectivity index (χ1n) is 4.11. The monoisotopic (exact) mass is 191 g/mol. The van der Waals surface area contributed by atoms with Crippen molar-refractivity contribution in [2.24, 2.45) is 0 Å². The normalized spacial score (nSPS) is 10.4. The van der Waals surface area contributed by atoms with Gasteiger partial charge in [0.1, 0.15) is 5.75 Å². The number of ether oxygens (including phenoxy) is 1. The van der Waals surface area contributed by atoms with Crippen molar-refractivity contribution in [3.05, 3.63) is 30.5 Å². The molecule has 0 saturated carbocycles. The van der Waals surface area contributed by atoms with E-state index in [0.29, 0.717) is 11.3 Å². The zero-order valence-electron chi connectivity index (χ0n) is 7.60. The average molecular weight is 191 g/mol. The van der Waals surface area contributed by atoms with Crippen molar-refractivity contribution in [3.8, 4) is 5.75 Å². The van der Waals surface area contributed by atoms with Gasteiger partial charge < -0.3 is 9.84 Å². The van der Waals surface area contributed by atoms with Crippen LogP contribution in [0, 0.1) is 0 Å². The highest BCUT2D eigenvalue weighted by Gasteiger charge is 2.08. The zero-order chi connectivity index (χ0) is 10.1. The third-order valence-electron chi connectivity index (χ3n) is 2.12. The van der Waals surface area contributed by atoms with E-state index >= 15 is 0 Å². The number of hydrogen-bond acceptors (Lipinski definition) is 2. The Bertz CT molecular complexity index is 487. The van der Waals surface area contributed by atoms with Crippen LogP contribution in [0.5, 0.6) is 5.75 Å². The molecule has 0 spiro atoms. The van der Waals surface area contributed by atoms with E-state index in [0.717, 1.165) is 9.95 Å². The molecular formula is C10H9NO3. The number of aromatic nitrogens is 1. The highest BCUT2D eigenvalue weighted by Crippen LogP contribution is 2.25. The van der Waals surface area contributed by atoms with Crippen molar-refractivity contribution in [2.45, 2.75) is 0 Å². The van der Waals surface area contributed by atoms with E-state index in [9.17, 15) is 4.79 Å². The van der Waals surface area contributed by atoms with Gasteiger partial charge in [-0.2, -0.15) is 0 Å². The summed E-state index contributed by atoms with van der Waals surface area (Å²) in [5, 5.41) is 9.66. The second-order valence-electron chi connectivity index (χ2n) is 2.86.